The van der Waals surface area contributed by atoms with Crippen LogP contribution in [0.25, 0.3) is 33.3 Å². The van der Waals surface area contributed by atoms with Gasteiger partial charge in [0.2, 0.25) is 0 Å². The smallest absolute Gasteiger partial charge is 0.279 e. The highest BCUT2D eigenvalue weighted by Crippen LogP contribution is 2.37. The second kappa shape index (κ2) is 12.7. The van der Waals surface area contributed by atoms with E-state index in [1.807, 2.05) is 36.4 Å². The first-order chi connectivity index (χ1) is 19.2. The van der Waals surface area contributed by atoms with E-state index >= 15 is 0 Å². The topological polar surface area (TPSA) is 115 Å². The Bertz CT molecular complexity index is 1400. The number of hydroxylamine groups is 1. The highest BCUT2D eigenvalue weighted by Gasteiger charge is 2.24. The molecule has 5 rings (SSSR count). The van der Waals surface area contributed by atoms with Gasteiger partial charge in [-0.3, -0.25) is 9.78 Å². The Morgan fingerprint density at radius 2 is 1.79 bits per heavy atom. The van der Waals surface area contributed by atoms with E-state index in [-0.39, 0.29) is 6.61 Å². The molecule has 0 radical (unpaired) electrons. The number of aliphatic hydroxyl groups is 1. The van der Waals surface area contributed by atoms with Gasteiger partial charge in [0.25, 0.3) is 5.91 Å². The lowest BCUT2D eigenvalue weighted by molar-refractivity contribution is -0.186. The van der Waals surface area contributed by atoms with E-state index in [9.17, 15) is 4.79 Å². The molecule has 0 bridgehead atoms. The molecule has 1 unspecified atom stereocenters. The minimum Gasteiger partial charge on any atom is -0.494 e. The molecule has 202 valence electrons. The van der Waals surface area contributed by atoms with Crippen molar-refractivity contribution in [1.29, 1.82) is 0 Å². The number of carbonyl (C=O) groups is 1. The Morgan fingerprint density at radius 3 is 2.49 bits per heavy atom. The normalized spacial score (nSPS) is 15.2. The molecule has 1 fully saturated rings. The van der Waals surface area contributed by atoms with Gasteiger partial charge >= 0.3 is 0 Å². The van der Waals surface area contributed by atoms with Crippen LogP contribution in [-0.4, -0.2) is 54.1 Å². The number of rotatable bonds is 10. The summed E-state index contributed by atoms with van der Waals surface area (Å²) < 4.78 is 11.3. The van der Waals surface area contributed by atoms with Crippen LogP contribution in [-0.2, 0) is 9.57 Å². The second-order valence-corrected chi connectivity index (χ2v) is 9.27. The zero-order valence-corrected chi connectivity index (χ0v) is 21.9. The molecule has 1 aliphatic heterocycles. The van der Waals surface area contributed by atoms with Crippen molar-refractivity contribution in [1.82, 2.24) is 15.4 Å². The fourth-order valence-electron chi connectivity index (χ4n) is 4.60. The number of pyridine rings is 2. The number of benzene rings is 2. The highest BCUT2D eigenvalue weighted by molar-refractivity contribution is 6.09. The fourth-order valence-corrected chi connectivity index (χ4v) is 4.60. The fraction of sp³-hybridized carbons (Fsp3) is 0.300. The van der Waals surface area contributed by atoms with Crippen molar-refractivity contribution in [3.8, 4) is 28.1 Å². The van der Waals surface area contributed by atoms with E-state index in [1.54, 1.807) is 18.5 Å². The molecule has 0 aliphatic carbocycles. The van der Waals surface area contributed by atoms with Crippen molar-refractivity contribution in [3.63, 3.8) is 0 Å². The summed E-state index contributed by atoms with van der Waals surface area (Å²) in [5, 5.41) is 12.8. The Hall–Kier alpha value is -4.05. The molecule has 0 spiro atoms. The van der Waals surface area contributed by atoms with Crippen molar-refractivity contribution in [2.24, 2.45) is 0 Å². The lowest BCUT2D eigenvalue weighted by Gasteiger charge is -2.22. The van der Waals surface area contributed by atoms with Gasteiger partial charge in [0.1, 0.15) is 5.69 Å². The largest absolute Gasteiger partial charge is 0.494 e. The van der Waals surface area contributed by atoms with Gasteiger partial charge in [0, 0.05) is 55.2 Å². The number of aromatic nitrogens is 2. The third-order valence-corrected chi connectivity index (χ3v) is 6.63. The van der Waals surface area contributed by atoms with Crippen molar-refractivity contribution in [2.45, 2.75) is 32.0 Å². The van der Waals surface area contributed by atoms with Gasteiger partial charge in [-0.05, 0) is 48.6 Å². The van der Waals surface area contributed by atoms with Gasteiger partial charge in [-0.15, -0.1) is 0 Å². The lowest BCUT2D eigenvalue weighted by atomic mass is 9.99. The summed E-state index contributed by atoms with van der Waals surface area (Å²) in [4.78, 5) is 28.0. The molecule has 9 nitrogen and oxygen atoms in total. The quantitative estimate of drug-likeness (QED) is 0.196. The SMILES string of the molecule is COc1c(-c2ccc(-c3ccc(NCCCO)cc3)cc2)nc2ccncc2c1C(=O)NOC1CCCCO1. The number of methoxy groups -OCH3 is 1. The Balaban J connectivity index is 1.43. The molecule has 2 aromatic heterocycles. The summed E-state index contributed by atoms with van der Waals surface area (Å²) in [6, 6.07) is 17.9. The predicted octanol–water partition coefficient (Wildman–Crippen LogP) is 4.95. The summed E-state index contributed by atoms with van der Waals surface area (Å²) in [7, 11) is 1.52. The van der Waals surface area contributed by atoms with Crippen LogP contribution in [0.4, 0.5) is 5.69 Å². The molecular formula is C30H32N4O5. The molecule has 3 N–H and O–H groups in total. The molecule has 39 heavy (non-hydrogen) atoms. The van der Waals surface area contributed by atoms with Gasteiger partial charge in [-0.1, -0.05) is 36.4 Å². The maximum Gasteiger partial charge on any atom is 0.279 e. The number of anilines is 1. The van der Waals surface area contributed by atoms with Gasteiger partial charge < -0.3 is 19.9 Å². The van der Waals surface area contributed by atoms with E-state index in [2.05, 4.69) is 27.9 Å². The number of carbonyl (C=O) groups excluding carboxylic acids is 1. The van der Waals surface area contributed by atoms with Crippen LogP contribution in [0, 0.1) is 0 Å². The van der Waals surface area contributed by atoms with Crippen molar-refractivity contribution in [3.05, 3.63) is 72.6 Å². The maximum absolute atomic E-state index is 13.4. The van der Waals surface area contributed by atoms with Crippen LogP contribution in [0.15, 0.2) is 67.0 Å². The summed E-state index contributed by atoms with van der Waals surface area (Å²) in [5.41, 5.74) is 7.94. The number of nitrogens with one attached hydrogen (secondary N) is 2. The van der Waals surface area contributed by atoms with Gasteiger partial charge in [-0.2, -0.15) is 0 Å². The average Bonchev–Trinajstić information content (AvgIpc) is 3.00. The first-order valence-electron chi connectivity index (χ1n) is 13.1. The monoisotopic (exact) mass is 528 g/mol. The number of ether oxygens (including phenoxy) is 2. The van der Waals surface area contributed by atoms with Gasteiger partial charge in [-0.25, -0.2) is 15.3 Å². The Morgan fingerprint density at radius 1 is 1.05 bits per heavy atom. The lowest BCUT2D eigenvalue weighted by Crippen LogP contribution is -2.33. The second-order valence-electron chi connectivity index (χ2n) is 9.27. The molecule has 2 aromatic carbocycles. The first kappa shape index (κ1) is 26.6. The summed E-state index contributed by atoms with van der Waals surface area (Å²) in [5.74, 6) is -0.112. The van der Waals surface area contributed by atoms with E-state index in [0.717, 1.165) is 48.2 Å². The molecule has 4 aromatic rings. The summed E-state index contributed by atoms with van der Waals surface area (Å²) >= 11 is 0. The van der Waals surface area contributed by atoms with Crippen molar-refractivity contribution < 1.29 is 24.2 Å². The number of hydrogen-bond donors (Lipinski definition) is 3. The molecule has 1 atom stereocenters. The molecular weight excluding hydrogens is 496 g/mol. The third-order valence-electron chi connectivity index (χ3n) is 6.63. The van der Waals surface area contributed by atoms with Crippen LogP contribution in [0.5, 0.6) is 5.75 Å². The maximum atomic E-state index is 13.4. The standard InChI is InChI=1S/C30H32N4O5/c1-37-29-27(30(36)34-39-26-5-2-3-18-38-26)24-19-31-16-14-25(24)33-28(29)22-8-6-20(7-9-22)21-10-12-23(13-11-21)32-15-4-17-35/h6-14,16,19,26,32,35H,2-5,15,17-18H2,1H3,(H,34,36). The minimum atomic E-state index is -0.475. The van der Waals surface area contributed by atoms with Crippen LogP contribution in [0.1, 0.15) is 36.0 Å². The number of aliphatic hydroxyl groups excluding tert-OH is 1. The van der Waals surface area contributed by atoms with E-state index in [0.29, 0.717) is 40.9 Å². The zero-order valence-electron chi connectivity index (χ0n) is 21.9. The first-order valence-corrected chi connectivity index (χ1v) is 13.1. The predicted molar refractivity (Wildman–Crippen MR) is 149 cm³/mol. The van der Waals surface area contributed by atoms with E-state index in [1.165, 1.54) is 7.11 Å². The van der Waals surface area contributed by atoms with Gasteiger partial charge in [0.05, 0.1) is 18.2 Å². The number of amides is 1. The third kappa shape index (κ3) is 6.17. The minimum absolute atomic E-state index is 0.167. The van der Waals surface area contributed by atoms with Crippen LogP contribution >= 0.6 is 0 Å². The molecule has 0 saturated carbocycles. The molecule has 1 aliphatic rings. The molecule has 1 saturated heterocycles. The average molecular weight is 529 g/mol. The Labute approximate surface area is 227 Å². The van der Waals surface area contributed by atoms with E-state index in [4.69, 9.17) is 24.4 Å². The van der Waals surface area contributed by atoms with Crippen molar-refractivity contribution in [2.75, 3.05) is 32.2 Å². The summed E-state index contributed by atoms with van der Waals surface area (Å²) in [6.45, 7) is 1.50. The van der Waals surface area contributed by atoms with Crippen LogP contribution < -0.4 is 15.5 Å². The summed E-state index contributed by atoms with van der Waals surface area (Å²) in [6.07, 6.45) is 6.17. The molecule has 1 amide bonds. The highest BCUT2D eigenvalue weighted by atomic mass is 16.8. The van der Waals surface area contributed by atoms with Gasteiger partial charge in [0.15, 0.2) is 12.0 Å². The number of nitrogens with zero attached hydrogens (tertiary/aromatic N) is 2. The number of hydrogen-bond acceptors (Lipinski definition) is 8. The Kier molecular flexibility index (Phi) is 8.62. The number of fused-ring (bicyclic) bond motifs is 1. The van der Waals surface area contributed by atoms with E-state index < -0.39 is 12.2 Å². The molecule has 9 heteroatoms. The van der Waals surface area contributed by atoms with Crippen LogP contribution in [0.3, 0.4) is 0 Å². The zero-order chi connectivity index (χ0) is 27.0. The van der Waals surface area contributed by atoms with Crippen LogP contribution in [0.2, 0.25) is 0 Å². The molecule has 3 heterocycles. The van der Waals surface area contributed by atoms with Crippen molar-refractivity contribution >= 4 is 22.5 Å².